The van der Waals surface area contributed by atoms with Crippen molar-refractivity contribution in [1.82, 2.24) is 15.5 Å². The molecule has 1 heterocycles. The summed E-state index contributed by atoms with van der Waals surface area (Å²) in [5, 5.41) is 5.74. The van der Waals surface area contributed by atoms with Gasteiger partial charge >= 0.3 is 6.03 Å². The van der Waals surface area contributed by atoms with Crippen molar-refractivity contribution in [3.63, 3.8) is 0 Å². The highest BCUT2D eigenvalue weighted by Gasteiger charge is 2.52. The van der Waals surface area contributed by atoms with Gasteiger partial charge in [-0.3, -0.25) is 14.5 Å². The summed E-state index contributed by atoms with van der Waals surface area (Å²) in [7, 11) is 0. The highest BCUT2D eigenvalue weighted by atomic mass is 19.1. The minimum absolute atomic E-state index is 0.0405. The molecule has 1 aliphatic carbocycles. The second kappa shape index (κ2) is 8.13. The zero-order chi connectivity index (χ0) is 22.2. The maximum atomic E-state index is 13.3. The average molecular weight is 423 g/mol. The van der Waals surface area contributed by atoms with Gasteiger partial charge in [0.25, 0.3) is 5.91 Å². The predicted molar refractivity (Wildman–Crippen MR) is 114 cm³/mol. The summed E-state index contributed by atoms with van der Waals surface area (Å²) in [6.45, 7) is 3.53. The predicted octanol–water partition coefficient (Wildman–Crippen LogP) is 3.12. The topological polar surface area (TPSA) is 78.5 Å². The molecule has 1 spiro atoms. The first kappa shape index (κ1) is 21.0. The fourth-order valence-electron chi connectivity index (χ4n) is 4.51. The van der Waals surface area contributed by atoms with Crippen LogP contribution in [-0.4, -0.2) is 34.8 Å². The molecule has 2 N–H and O–H groups in total. The standard InChI is InChI=1S/C24H26FN3O3/c1-15(2)21(17-7-9-19(25)10-8-17)26-20(29)14-28-22(30)24(27-23(28)31)12-11-16-5-3-4-6-18(16)13-24/h3-10,15,21H,11-14H2,1-2H3,(H,26,29)(H,27,31). The molecule has 1 aliphatic heterocycles. The number of nitrogens with zero attached hydrogens (tertiary/aromatic N) is 1. The summed E-state index contributed by atoms with van der Waals surface area (Å²) >= 11 is 0. The van der Waals surface area contributed by atoms with Gasteiger partial charge in [0, 0.05) is 6.42 Å². The van der Waals surface area contributed by atoms with E-state index < -0.39 is 17.5 Å². The van der Waals surface area contributed by atoms with E-state index in [0.717, 1.165) is 16.0 Å². The van der Waals surface area contributed by atoms with Gasteiger partial charge in [0.15, 0.2) is 0 Å². The molecule has 6 nitrogen and oxygen atoms in total. The molecule has 162 valence electrons. The summed E-state index contributed by atoms with van der Waals surface area (Å²) < 4.78 is 13.3. The molecule has 31 heavy (non-hydrogen) atoms. The van der Waals surface area contributed by atoms with Gasteiger partial charge in [0.1, 0.15) is 17.9 Å². The van der Waals surface area contributed by atoms with E-state index in [1.807, 2.05) is 38.1 Å². The van der Waals surface area contributed by atoms with Crippen LogP contribution in [0.25, 0.3) is 0 Å². The van der Waals surface area contributed by atoms with Crippen molar-refractivity contribution in [3.8, 4) is 0 Å². The van der Waals surface area contributed by atoms with Crippen molar-refractivity contribution in [2.24, 2.45) is 5.92 Å². The van der Waals surface area contributed by atoms with E-state index in [1.165, 1.54) is 17.7 Å². The quantitative estimate of drug-likeness (QED) is 0.726. The number of urea groups is 1. The summed E-state index contributed by atoms with van der Waals surface area (Å²) in [6.07, 6.45) is 1.63. The lowest BCUT2D eigenvalue weighted by Gasteiger charge is -2.32. The molecule has 1 fully saturated rings. The highest BCUT2D eigenvalue weighted by Crippen LogP contribution is 2.33. The normalized spacial score (nSPS) is 21.2. The van der Waals surface area contributed by atoms with E-state index in [0.29, 0.717) is 19.3 Å². The molecule has 2 aliphatic rings. The lowest BCUT2D eigenvalue weighted by molar-refractivity contribution is -0.135. The van der Waals surface area contributed by atoms with Crippen molar-refractivity contribution in [2.75, 3.05) is 6.54 Å². The van der Waals surface area contributed by atoms with Gasteiger partial charge in [-0.1, -0.05) is 50.2 Å². The number of amides is 4. The number of carbonyl (C=O) groups excluding carboxylic acids is 3. The third-order valence-corrected chi connectivity index (χ3v) is 6.19. The molecule has 4 amide bonds. The van der Waals surface area contributed by atoms with Crippen LogP contribution in [0.15, 0.2) is 48.5 Å². The molecule has 7 heteroatoms. The maximum Gasteiger partial charge on any atom is 0.325 e. The van der Waals surface area contributed by atoms with Crippen LogP contribution < -0.4 is 10.6 Å². The Labute approximate surface area is 180 Å². The van der Waals surface area contributed by atoms with Gasteiger partial charge in [-0.2, -0.15) is 0 Å². The van der Waals surface area contributed by atoms with E-state index in [9.17, 15) is 18.8 Å². The van der Waals surface area contributed by atoms with Crippen LogP contribution >= 0.6 is 0 Å². The Morgan fingerprint density at radius 2 is 1.81 bits per heavy atom. The summed E-state index contributed by atoms with van der Waals surface area (Å²) in [4.78, 5) is 39.6. The molecule has 0 bridgehead atoms. The van der Waals surface area contributed by atoms with Gasteiger partial charge in [-0.15, -0.1) is 0 Å². The van der Waals surface area contributed by atoms with E-state index in [2.05, 4.69) is 10.6 Å². The van der Waals surface area contributed by atoms with E-state index in [-0.39, 0.29) is 30.2 Å². The van der Waals surface area contributed by atoms with Gasteiger partial charge in [-0.25, -0.2) is 9.18 Å². The maximum absolute atomic E-state index is 13.3. The van der Waals surface area contributed by atoms with Gasteiger partial charge in [-0.05, 0) is 47.6 Å². The number of nitrogens with one attached hydrogen (secondary N) is 2. The van der Waals surface area contributed by atoms with E-state index in [1.54, 1.807) is 12.1 Å². The number of hydrogen-bond donors (Lipinski definition) is 2. The molecular formula is C24H26FN3O3. The van der Waals surface area contributed by atoms with Crippen LogP contribution in [0.3, 0.4) is 0 Å². The third-order valence-electron chi connectivity index (χ3n) is 6.19. The van der Waals surface area contributed by atoms with Crippen LogP contribution in [0.1, 0.15) is 43.0 Å². The Morgan fingerprint density at radius 1 is 1.13 bits per heavy atom. The van der Waals surface area contributed by atoms with Crippen LogP contribution in [0.2, 0.25) is 0 Å². The molecule has 4 rings (SSSR count). The first-order valence-electron chi connectivity index (χ1n) is 10.5. The Kier molecular flexibility index (Phi) is 5.52. The Morgan fingerprint density at radius 3 is 2.48 bits per heavy atom. The van der Waals surface area contributed by atoms with Crippen molar-refractivity contribution in [1.29, 1.82) is 0 Å². The fourth-order valence-corrected chi connectivity index (χ4v) is 4.51. The smallest absolute Gasteiger partial charge is 0.325 e. The number of fused-ring (bicyclic) bond motifs is 1. The monoisotopic (exact) mass is 423 g/mol. The molecular weight excluding hydrogens is 397 g/mol. The zero-order valence-electron chi connectivity index (χ0n) is 17.7. The Bertz CT molecular complexity index is 1020. The van der Waals surface area contributed by atoms with Crippen LogP contribution in [0, 0.1) is 11.7 Å². The van der Waals surface area contributed by atoms with Crippen LogP contribution in [-0.2, 0) is 22.4 Å². The van der Waals surface area contributed by atoms with E-state index in [4.69, 9.17) is 0 Å². The molecule has 0 saturated carbocycles. The fraction of sp³-hybridized carbons (Fsp3) is 0.375. The first-order chi connectivity index (χ1) is 14.8. The Hall–Kier alpha value is -3.22. The molecule has 2 aromatic rings. The molecule has 2 aromatic carbocycles. The van der Waals surface area contributed by atoms with Crippen molar-refractivity contribution >= 4 is 17.8 Å². The van der Waals surface area contributed by atoms with E-state index >= 15 is 0 Å². The van der Waals surface area contributed by atoms with Crippen LogP contribution in [0.5, 0.6) is 0 Å². The van der Waals surface area contributed by atoms with Crippen molar-refractivity contribution in [2.45, 2.75) is 44.7 Å². The highest BCUT2D eigenvalue weighted by molar-refractivity contribution is 6.09. The number of imide groups is 1. The average Bonchev–Trinajstić information content (AvgIpc) is 2.96. The summed E-state index contributed by atoms with van der Waals surface area (Å²) in [5.41, 5.74) is 2.01. The second-order valence-electron chi connectivity index (χ2n) is 8.69. The first-order valence-corrected chi connectivity index (χ1v) is 10.5. The Balaban J connectivity index is 1.46. The second-order valence-corrected chi connectivity index (χ2v) is 8.69. The largest absolute Gasteiger partial charge is 0.347 e. The molecule has 1 saturated heterocycles. The van der Waals surface area contributed by atoms with Gasteiger partial charge in [0.05, 0.1) is 6.04 Å². The third kappa shape index (κ3) is 4.04. The lowest BCUT2D eigenvalue weighted by atomic mass is 9.78. The van der Waals surface area contributed by atoms with Crippen LogP contribution in [0.4, 0.5) is 9.18 Å². The molecule has 0 radical (unpaired) electrons. The number of rotatable bonds is 5. The number of carbonyl (C=O) groups is 3. The minimum atomic E-state index is -0.986. The SMILES string of the molecule is CC(C)C(NC(=O)CN1C(=O)NC2(CCc3ccccc3C2)C1=O)c1ccc(F)cc1. The summed E-state index contributed by atoms with van der Waals surface area (Å²) in [6, 6.07) is 13.0. The van der Waals surface area contributed by atoms with Gasteiger partial charge in [0.2, 0.25) is 5.91 Å². The number of hydrogen-bond acceptors (Lipinski definition) is 3. The van der Waals surface area contributed by atoms with Crippen molar-refractivity contribution < 1.29 is 18.8 Å². The lowest BCUT2D eigenvalue weighted by Crippen LogP contribution is -2.51. The number of benzene rings is 2. The molecule has 2 unspecified atom stereocenters. The van der Waals surface area contributed by atoms with Crippen molar-refractivity contribution in [3.05, 3.63) is 71.0 Å². The zero-order valence-corrected chi connectivity index (χ0v) is 17.7. The molecule has 2 atom stereocenters. The number of halogens is 1. The molecule has 0 aromatic heterocycles. The van der Waals surface area contributed by atoms with Gasteiger partial charge < -0.3 is 10.6 Å². The summed E-state index contributed by atoms with van der Waals surface area (Å²) in [5.74, 6) is -1.10. The number of aryl methyl sites for hydroxylation is 1. The minimum Gasteiger partial charge on any atom is -0.347 e.